The topological polar surface area (TPSA) is 30.2 Å². The molecule has 3 rings (SSSR count). The molecule has 2 aromatic carbocycles. The van der Waals surface area contributed by atoms with Gasteiger partial charge in [0.05, 0.1) is 15.7 Å². The Morgan fingerprint density at radius 3 is 2.59 bits per heavy atom. The molecule has 1 unspecified atom stereocenters. The standard InChI is InChI=1S/C14H12O2S/c1-9-14(17(2)15)12-8-7-10-5-3-4-6-11(10)13(12)16-9/h3-8H,1-2H3. The Hall–Kier alpha value is -1.61. The largest absolute Gasteiger partial charge is 0.459 e. The van der Waals surface area contributed by atoms with E-state index in [-0.39, 0.29) is 0 Å². The highest BCUT2D eigenvalue weighted by molar-refractivity contribution is 7.84. The summed E-state index contributed by atoms with van der Waals surface area (Å²) in [5.74, 6) is 0.747. The summed E-state index contributed by atoms with van der Waals surface area (Å²) in [6, 6.07) is 12.1. The molecule has 0 aliphatic carbocycles. The summed E-state index contributed by atoms with van der Waals surface area (Å²) in [6.07, 6.45) is 1.69. The van der Waals surface area contributed by atoms with Crippen molar-refractivity contribution in [1.29, 1.82) is 0 Å². The first-order chi connectivity index (χ1) is 8.18. The fourth-order valence-electron chi connectivity index (χ4n) is 2.28. The van der Waals surface area contributed by atoms with Crippen LogP contribution in [-0.4, -0.2) is 10.5 Å². The van der Waals surface area contributed by atoms with Crippen molar-refractivity contribution in [2.45, 2.75) is 11.8 Å². The summed E-state index contributed by atoms with van der Waals surface area (Å²) in [7, 11) is -1.02. The molecule has 0 saturated carbocycles. The fourth-order valence-corrected chi connectivity index (χ4v) is 3.20. The average Bonchev–Trinajstić information content (AvgIpc) is 2.65. The summed E-state index contributed by atoms with van der Waals surface area (Å²) in [4.78, 5) is 0.811. The third-order valence-electron chi connectivity index (χ3n) is 2.99. The molecular formula is C14H12O2S. The van der Waals surface area contributed by atoms with Gasteiger partial charge in [0.1, 0.15) is 11.3 Å². The maximum absolute atomic E-state index is 11.7. The van der Waals surface area contributed by atoms with E-state index in [9.17, 15) is 4.21 Å². The molecule has 0 bridgehead atoms. The van der Waals surface area contributed by atoms with Gasteiger partial charge in [-0.1, -0.05) is 30.3 Å². The maximum atomic E-state index is 11.7. The summed E-state index contributed by atoms with van der Waals surface area (Å²) in [6.45, 7) is 1.87. The fraction of sp³-hybridized carbons (Fsp3) is 0.143. The third-order valence-corrected chi connectivity index (χ3v) is 4.07. The van der Waals surface area contributed by atoms with Crippen molar-refractivity contribution in [2.75, 3.05) is 6.26 Å². The Bertz CT molecular complexity index is 740. The van der Waals surface area contributed by atoms with E-state index < -0.39 is 10.8 Å². The first kappa shape index (κ1) is 10.5. The zero-order valence-corrected chi connectivity index (χ0v) is 10.5. The van der Waals surface area contributed by atoms with Crippen molar-refractivity contribution in [3.05, 3.63) is 42.2 Å². The van der Waals surface area contributed by atoms with Crippen molar-refractivity contribution in [1.82, 2.24) is 0 Å². The second-order valence-corrected chi connectivity index (χ2v) is 5.42. The van der Waals surface area contributed by atoms with Gasteiger partial charge < -0.3 is 4.42 Å². The van der Waals surface area contributed by atoms with Gasteiger partial charge in [0.2, 0.25) is 0 Å². The Morgan fingerprint density at radius 1 is 1.06 bits per heavy atom. The van der Waals surface area contributed by atoms with Crippen molar-refractivity contribution in [3.8, 4) is 0 Å². The van der Waals surface area contributed by atoms with Crippen LogP contribution in [0.4, 0.5) is 0 Å². The molecule has 0 amide bonds. The van der Waals surface area contributed by atoms with E-state index in [1.165, 1.54) is 0 Å². The first-order valence-electron chi connectivity index (χ1n) is 5.43. The van der Waals surface area contributed by atoms with Crippen LogP contribution in [0, 0.1) is 6.92 Å². The zero-order valence-electron chi connectivity index (χ0n) is 9.69. The van der Waals surface area contributed by atoms with Gasteiger partial charge in [0, 0.05) is 17.0 Å². The van der Waals surface area contributed by atoms with Crippen LogP contribution < -0.4 is 0 Å². The van der Waals surface area contributed by atoms with Gasteiger partial charge in [-0.05, 0) is 18.4 Å². The van der Waals surface area contributed by atoms with Crippen molar-refractivity contribution < 1.29 is 8.63 Å². The van der Waals surface area contributed by atoms with E-state index in [0.717, 1.165) is 32.4 Å². The summed E-state index contributed by atoms with van der Waals surface area (Å²) in [5, 5.41) is 3.18. The van der Waals surface area contributed by atoms with E-state index in [1.54, 1.807) is 6.26 Å². The second-order valence-electron chi connectivity index (χ2n) is 4.10. The van der Waals surface area contributed by atoms with Crippen molar-refractivity contribution >= 4 is 32.5 Å². The SMILES string of the molecule is Cc1oc2c(ccc3ccccc32)c1S(C)=O. The lowest BCUT2D eigenvalue weighted by molar-refractivity contribution is 0.569. The number of aryl methyl sites for hydroxylation is 1. The smallest absolute Gasteiger partial charge is 0.143 e. The number of fused-ring (bicyclic) bond motifs is 3. The zero-order chi connectivity index (χ0) is 12.0. The van der Waals surface area contributed by atoms with Gasteiger partial charge in [0.25, 0.3) is 0 Å². The third kappa shape index (κ3) is 1.50. The summed E-state index contributed by atoms with van der Waals surface area (Å²) in [5.41, 5.74) is 0.839. The van der Waals surface area contributed by atoms with Crippen LogP contribution >= 0.6 is 0 Å². The number of rotatable bonds is 1. The summed E-state index contributed by atoms with van der Waals surface area (Å²) < 4.78 is 17.5. The van der Waals surface area contributed by atoms with E-state index in [0.29, 0.717) is 0 Å². The number of hydrogen-bond donors (Lipinski definition) is 0. The van der Waals surface area contributed by atoms with Crippen molar-refractivity contribution in [3.63, 3.8) is 0 Å². The highest BCUT2D eigenvalue weighted by Gasteiger charge is 2.15. The van der Waals surface area contributed by atoms with Crippen LogP contribution in [-0.2, 0) is 10.8 Å². The second kappa shape index (κ2) is 3.70. The molecule has 1 aromatic heterocycles. The van der Waals surface area contributed by atoms with Gasteiger partial charge in [-0.3, -0.25) is 4.21 Å². The van der Waals surface area contributed by atoms with Crippen LogP contribution in [0.15, 0.2) is 45.7 Å². The predicted molar refractivity (Wildman–Crippen MR) is 70.8 cm³/mol. The van der Waals surface area contributed by atoms with Gasteiger partial charge in [-0.2, -0.15) is 0 Å². The Labute approximate surface area is 102 Å². The molecule has 3 heteroatoms. The van der Waals surface area contributed by atoms with Gasteiger partial charge in [-0.15, -0.1) is 0 Å². The van der Waals surface area contributed by atoms with Crippen molar-refractivity contribution in [2.24, 2.45) is 0 Å². The molecule has 1 atom stereocenters. The number of furan rings is 1. The van der Waals surface area contributed by atoms with Crippen LogP contribution in [0.25, 0.3) is 21.7 Å². The number of benzene rings is 2. The minimum atomic E-state index is -1.02. The molecule has 0 radical (unpaired) electrons. The quantitative estimate of drug-likeness (QED) is 0.654. The van der Waals surface area contributed by atoms with E-state index in [4.69, 9.17) is 4.42 Å². The Kier molecular flexibility index (Phi) is 2.30. The van der Waals surface area contributed by atoms with Gasteiger partial charge in [0.15, 0.2) is 0 Å². The molecule has 0 saturated heterocycles. The Balaban J connectivity index is 2.53. The molecule has 2 nitrogen and oxygen atoms in total. The minimum Gasteiger partial charge on any atom is -0.459 e. The van der Waals surface area contributed by atoms with Crippen LogP contribution in [0.2, 0.25) is 0 Å². The van der Waals surface area contributed by atoms with Gasteiger partial charge >= 0.3 is 0 Å². The average molecular weight is 244 g/mol. The molecule has 3 aromatic rings. The maximum Gasteiger partial charge on any atom is 0.143 e. The van der Waals surface area contributed by atoms with Crippen LogP contribution in [0.5, 0.6) is 0 Å². The molecule has 0 spiro atoms. The highest BCUT2D eigenvalue weighted by Crippen LogP contribution is 2.33. The van der Waals surface area contributed by atoms with Gasteiger partial charge in [-0.25, -0.2) is 0 Å². The molecule has 0 aliphatic rings. The molecular weight excluding hydrogens is 232 g/mol. The van der Waals surface area contributed by atoms with E-state index in [1.807, 2.05) is 37.3 Å². The molecule has 1 heterocycles. The lowest BCUT2D eigenvalue weighted by Crippen LogP contribution is -1.87. The monoisotopic (exact) mass is 244 g/mol. The lowest BCUT2D eigenvalue weighted by Gasteiger charge is -1.98. The summed E-state index contributed by atoms with van der Waals surface area (Å²) >= 11 is 0. The number of hydrogen-bond acceptors (Lipinski definition) is 2. The molecule has 0 fully saturated rings. The van der Waals surface area contributed by atoms with E-state index in [2.05, 4.69) is 6.07 Å². The lowest BCUT2D eigenvalue weighted by atomic mass is 10.1. The minimum absolute atomic E-state index is 0.747. The highest BCUT2D eigenvalue weighted by atomic mass is 32.2. The molecule has 0 N–H and O–H groups in total. The molecule has 86 valence electrons. The molecule has 0 aliphatic heterocycles. The predicted octanol–water partition coefficient (Wildman–Crippen LogP) is 3.63. The molecule has 17 heavy (non-hydrogen) atoms. The van der Waals surface area contributed by atoms with Crippen LogP contribution in [0.3, 0.4) is 0 Å². The first-order valence-corrected chi connectivity index (χ1v) is 6.98. The van der Waals surface area contributed by atoms with Crippen LogP contribution in [0.1, 0.15) is 5.76 Å². The van der Waals surface area contributed by atoms with E-state index >= 15 is 0 Å². The normalized spacial score (nSPS) is 13.3. The Morgan fingerprint density at radius 2 is 1.82 bits per heavy atom.